The van der Waals surface area contributed by atoms with Crippen molar-refractivity contribution in [1.29, 1.82) is 0 Å². The minimum atomic E-state index is 0.419. The number of hydrogen-bond donors (Lipinski definition) is 1. The molecule has 0 heterocycles. The molecule has 0 saturated heterocycles. The van der Waals surface area contributed by atoms with Crippen LogP contribution < -0.4 is 5.32 Å². The van der Waals surface area contributed by atoms with E-state index in [0.29, 0.717) is 12.0 Å². The zero-order valence-corrected chi connectivity index (χ0v) is 18.2. The molecule has 1 heteroatoms. The first-order valence-electron chi connectivity index (χ1n) is 11.3. The van der Waals surface area contributed by atoms with Crippen molar-refractivity contribution in [3.05, 3.63) is 145 Å². The first-order valence-corrected chi connectivity index (χ1v) is 11.3. The molecule has 0 radical (unpaired) electrons. The molecule has 3 aliphatic carbocycles. The Morgan fingerprint density at radius 1 is 0.484 bits per heavy atom. The average molecular weight is 408 g/mol. The molecule has 1 nitrogen and oxygen atoms in total. The summed E-state index contributed by atoms with van der Waals surface area (Å²) in [5.41, 5.74) is 2.54. The molecule has 1 saturated carbocycles. The van der Waals surface area contributed by atoms with Crippen LogP contribution in [0.5, 0.6) is 0 Å². The third kappa shape index (κ3) is 8.52. The normalized spacial score (nSPS) is 37.7. The molecule has 1 N–H and O–H groups in total. The van der Waals surface area contributed by atoms with E-state index >= 15 is 0 Å². The fourth-order valence-electron chi connectivity index (χ4n) is 3.92. The molecule has 2 atom stereocenters. The lowest BCUT2D eigenvalue weighted by Gasteiger charge is -2.34. The second-order valence-electron chi connectivity index (χ2n) is 7.73. The van der Waals surface area contributed by atoms with Crippen LogP contribution in [0, 0.1) is 5.92 Å². The number of nitrogens with one attached hydrogen (secondary N) is 1. The van der Waals surface area contributed by atoms with Crippen LogP contribution in [0.2, 0.25) is 0 Å². The molecule has 0 amide bonds. The van der Waals surface area contributed by atoms with Gasteiger partial charge in [0.2, 0.25) is 0 Å². The molecule has 0 bridgehead atoms. The molecule has 0 aromatic rings. The summed E-state index contributed by atoms with van der Waals surface area (Å²) >= 11 is 0. The van der Waals surface area contributed by atoms with Crippen molar-refractivity contribution < 1.29 is 0 Å². The fourth-order valence-corrected chi connectivity index (χ4v) is 3.92. The zero-order chi connectivity index (χ0) is 21.4. The van der Waals surface area contributed by atoms with Crippen molar-refractivity contribution in [1.82, 2.24) is 5.32 Å². The lowest BCUT2D eigenvalue weighted by molar-refractivity contribution is 0.317. The molecular formula is C30H33N. The van der Waals surface area contributed by atoms with Gasteiger partial charge in [-0.15, -0.1) is 0 Å². The standard InChI is InChI=1S/C30H33N/c1-3-7-11-15-21-27(22-16-12-8-4-1)29-25-19-20-26-30(29)31-28-23-17-13-9-5-2-6-10-14-18-24-28/h1-18,21-24,29-31H,19-20,25-26H2/b3-1-,4-1?,5-2-,6-2?,7-3?,8-4-,9-5?,10-6-,11-7-,12-8?,13-9-,14-10?,15-11?,16-12-,17-13?,18-14-,21-15-,22-16?,23-17-,24-18?,27-21?,27-22+,28-23?,28-24+. The Morgan fingerprint density at radius 3 is 1.61 bits per heavy atom. The topological polar surface area (TPSA) is 12.0 Å². The van der Waals surface area contributed by atoms with E-state index in [9.17, 15) is 0 Å². The monoisotopic (exact) mass is 407 g/mol. The molecule has 158 valence electrons. The van der Waals surface area contributed by atoms with Gasteiger partial charge in [-0.25, -0.2) is 0 Å². The highest BCUT2D eigenvalue weighted by Gasteiger charge is 2.27. The first kappa shape index (κ1) is 22.4. The summed E-state index contributed by atoms with van der Waals surface area (Å²) in [5.74, 6) is 0.489. The largest absolute Gasteiger partial charge is 0.382 e. The maximum absolute atomic E-state index is 3.85. The molecule has 1 fully saturated rings. The van der Waals surface area contributed by atoms with Gasteiger partial charge >= 0.3 is 0 Å². The van der Waals surface area contributed by atoms with Crippen LogP contribution in [0.1, 0.15) is 25.7 Å². The van der Waals surface area contributed by atoms with E-state index < -0.39 is 0 Å². The van der Waals surface area contributed by atoms with Gasteiger partial charge in [0.15, 0.2) is 0 Å². The van der Waals surface area contributed by atoms with Gasteiger partial charge in [0, 0.05) is 17.7 Å². The number of rotatable bonds is 3. The highest BCUT2D eigenvalue weighted by Crippen LogP contribution is 2.32. The van der Waals surface area contributed by atoms with Crippen LogP contribution in [0.3, 0.4) is 0 Å². The SMILES string of the molecule is C1=C\C=C/C=C\C(NC2CCCCC2C2=C/C=C\C=C/C=C\C=C/C=C\2)=C/C=C\C=C/1. The van der Waals surface area contributed by atoms with Crippen LogP contribution >= 0.6 is 0 Å². The summed E-state index contributed by atoms with van der Waals surface area (Å²) in [6, 6.07) is 0.419. The summed E-state index contributed by atoms with van der Waals surface area (Å²) < 4.78 is 0. The van der Waals surface area contributed by atoms with Crippen molar-refractivity contribution in [3.63, 3.8) is 0 Å². The Labute approximate surface area is 188 Å². The van der Waals surface area contributed by atoms with E-state index in [-0.39, 0.29) is 0 Å². The summed E-state index contributed by atoms with van der Waals surface area (Å²) in [6.45, 7) is 0. The molecule has 31 heavy (non-hydrogen) atoms. The number of allylic oxidation sites excluding steroid dienone is 22. The van der Waals surface area contributed by atoms with Crippen molar-refractivity contribution >= 4 is 0 Å². The van der Waals surface area contributed by atoms with Gasteiger partial charge in [-0.05, 0) is 30.6 Å². The summed E-state index contributed by atoms with van der Waals surface area (Å²) in [7, 11) is 0. The number of hydrogen-bond acceptors (Lipinski definition) is 1. The molecule has 0 aromatic heterocycles. The van der Waals surface area contributed by atoms with Crippen LogP contribution in [0.15, 0.2) is 145 Å². The van der Waals surface area contributed by atoms with Crippen molar-refractivity contribution in [2.75, 3.05) is 0 Å². The maximum atomic E-state index is 3.85. The van der Waals surface area contributed by atoms with E-state index in [2.05, 4.69) is 115 Å². The summed E-state index contributed by atoms with van der Waals surface area (Å²) in [6.07, 6.45) is 51.2. The third-order valence-corrected chi connectivity index (χ3v) is 5.45. The van der Waals surface area contributed by atoms with Crippen molar-refractivity contribution in [2.24, 2.45) is 5.92 Å². The fraction of sp³-hybridized carbons (Fsp3) is 0.200. The van der Waals surface area contributed by atoms with Gasteiger partial charge in [-0.1, -0.05) is 134 Å². The third-order valence-electron chi connectivity index (χ3n) is 5.45. The second kappa shape index (κ2) is 13.8. The molecule has 0 spiro atoms. The zero-order valence-electron chi connectivity index (χ0n) is 18.2. The smallest absolute Gasteiger partial charge is 0.0342 e. The Morgan fingerprint density at radius 2 is 0.968 bits per heavy atom. The minimum absolute atomic E-state index is 0.419. The Hall–Kier alpha value is -3.32. The van der Waals surface area contributed by atoms with Gasteiger partial charge in [0.05, 0.1) is 0 Å². The van der Waals surface area contributed by atoms with E-state index in [0.717, 1.165) is 5.70 Å². The Bertz CT molecular complexity index is 919. The highest BCUT2D eigenvalue weighted by molar-refractivity contribution is 5.34. The van der Waals surface area contributed by atoms with E-state index in [1.165, 1.54) is 31.3 Å². The van der Waals surface area contributed by atoms with Gasteiger partial charge < -0.3 is 5.32 Å². The molecule has 3 rings (SSSR count). The molecule has 0 aromatic carbocycles. The lowest BCUT2D eigenvalue weighted by Crippen LogP contribution is -2.38. The molecule has 2 unspecified atom stereocenters. The van der Waals surface area contributed by atoms with Crippen LogP contribution in [0.4, 0.5) is 0 Å². The van der Waals surface area contributed by atoms with E-state index in [1.807, 2.05) is 24.3 Å². The minimum Gasteiger partial charge on any atom is -0.382 e. The lowest BCUT2D eigenvalue weighted by atomic mass is 9.79. The van der Waals surface area contributed by atoms with Crippen LogP contribution in [0.25, 0.3) is 0 Å². The predicted octanol–water partition coefficient (Wildman–Crippen LogP) is 7.53. The summed E-state index contributed by atoms with van der Waals surface area (Å²) in [5, 5.41) is 3.85. The van der Waals surface area contributed by atoms with Gasteiger partial charge in [-0.3, -0.25) is 0 Å². The average Bonchev–Trinajstić information content (AvgIpc) is 2.77. The molecule has 3 aliphatic rings. The molecule has 0 aliphatic heterocycles. The van der Waals surface area contributed by atoms with Crippen LogP contribution in [-0.4, -0.2) is 6.04 Å². The quantitative estimate of drug-likeness (QED) is 0.510. The Kier molecular flexibility index (Phi) is 9.97. The van der Waals surface area contributed by atoms with Crippen LogP contribution in [-0.2, 0) is 0 Å². The van der Waals surface area contributed by atoms with Crippen molar-refractivity contribution in [2.45, 2.75) is 31.7 Å². The Balaban J connectivity index is 1.81. The second-order valence-corrected chi connectivity index (χ2v) is 7.73. The van der Waals surface area contributed by atoms with Crippen molar-refractivity contribution in [3.8, 4) is 0 Å². The maximum Gasteiger partial charge on any atom is 0.0342 e. The summed E-state index contributed by atoms with van der Waals surface area (Å²) in [4.78, 5) is 0. The van der Waals surface area contributed by atoms with Gasteiger partial charge in [0.25, 0.3) is 0 Å². The highest BCUT2D eigenvalue weighted by atomic mass is 14.9. The molecular weight excluding hydrogens is 374 g/mol. The van der Waals surface area contributed by atoms with Gasteiger partial charge in [0.1, 0.15) is 0 Å². The van der Waals surface area contributed by atoms with E-state index in [1.54, 1.807) is 0 Å². The first-order chi connectivity index (χ1) is 15.4. The predicted molar refractivity (Wildman–Crippen MR) is 136 cm³/mol. The van der Waals surface area contributed by atoms with E-state index in [4.69, 9.17) is 0 Å². The van der Waals surface area contributed by atoms with Gasteiger partial charge in [-0.2, -0.15) is 0 Å².